The van der Waals surface area contributed by atoms with Crippen molar-refractivity contribution < 1.29 is 0 Å². The van der Waals surface area contributed by atoms with Crippen molar-refractivity contribution >= 4 is 43.2 Å². The first-order valence-electron chi connectivity index (χ1n) is 6.37. The van der Waals surface area contributed by atoms with E-state index in [0.717, 1.165) is 26.4 Å². The van der Waals surface area contributed by atoms with Crippen LogP contribution in [0.3, 0.4) is 0 Å². The molecule has 3 rings (SSSR count). The molecule has 0 spiro atoms. The molecule has 0 amide bonds. The summed E-state index contributed by atoms with van der Waals surface area (Å²) in [5.41, 5.74) is 3.19. The van der Waals surface area contributed by atoms with Crippen LogP contribution in [0.15, 0.2) is 41.1 Å². The number of pyridine rings is 1. The van der Waals surface area contributed by atoms with Gasteiger partial charge in [-0.2, -0.15) is 0 Å². The van der Waals surface area contributed by atoms with Gasteiger partial charge in [-0.25, -0.2) is 9.97 Å². The molecule has 0 radical (unpaired) electrons. The van der Waals surface area contributed by atoms with Gasteiger partial charge >= 0.3 is 0 Å². The molecular formula is C15H14BrN3S. The third kappa shape index (κ3) is 2.69. The van der Waals surface area contributed by atoms with Crippen molar-refractivity contribution in [2.75, 3.05) is 5.32 Å². The Morgan fingerprint density at radius 3 is 2.85 bits per heavy atom. The molecule has 0 bridgehead atoms. The highest BCUT2D eigenvalue weighted by molar-refractivity contribution is 9.10. The van der Waals surface area contributed by atoms with Crippen molar-refractivity contribution in [2.45, 2.75) is 19.9 Å². The number of fused-ring (bicyclic) bond motifs is 1. The molecule has 3 aromatic rings. The first-order chi connectivity index (χ1) is 9.63. The molecule has 1 aromatic carbocycles. The van der Waals surface area contributed by atoms with Crippen LogP contribution < -0.4 is 5.32 Å². The maximum absolute atomic E-state index is 4.68. The molecule has 1 unspecified atom stereocenters. The smallest absolute Gasteiger partial charge is 0.116 e. The van der Waals surface area contributed by atoms with E-state index in [2.05, 4.69) is 50.3 Å². The molecule has 1 N–H and O–H groups in total. The summed E-state index contributed by atoms with van der Waals surface area (Å²) in [4.78, 5) is 8.98. The number of benzene rings is 1. The Hall–Kier alpha value is -1.46. The number of nitrogens with zero attached hydrogens (tertiary/aromatic N) is 2. The maximum atomic E-state index is 4.68. The normalized spacial score (nSPS) is 12.6. The van der Waals surface area contributed by atoms with Gasteiger partial charge in [-0.1, -0.05) is 12.1 Å². The summed E-state index contributed by atoms with van der Waals surface area (Å²) in [6, 6.07) is 10.5. The van der Waals surface area contributed by atoms with Crippen LogP contribution in [0.1, 0.15) is 23.5 Å². The maximum Gasteiger partial charge on any atom is 0.116 e. The Bertz CT molecular complexity index is 721. The van der Waals surface area contributed by atoms with Crippen LogP contribution in [0, 0.1) is 6.92 Å². The van der Waals surface area contributed by atoms with E-state index in [0.29, 0.717) is 0 Å². The lowest BCUT2D eigenvalue weighted by Gasteiger charge is -2.13. The molecule has 0 saturated carbocycles. The average molecular weight is 348 g/mol. The zero-order valence-corrected chi connectivity index (χ0v) is 13.6. The minimum absolute atomic E-state index is 0.162. The van der Waals surface area contributed by atoms with Gasteiger partial charge < -0.3 is 5.32 Å². The summed E-state index contributed by atoms with van der Waals surface area (Å²) >= 11 is 5.14. The van der Waals surface area contributed by atoms with E-state index in [4.69, 9.17) is 0 Å². The second kappa shape index (κ2) is 5.50. The van der Waals surface area contributed by atoms with E-state index < -0.39 is 0 Å². The van der Waals surface area contributed by atoms with Crippen molar-refractivity contribution in [1.82, 2.24) is 9.97 Å². The van der Waals surface area contributed by atoms with Crippen LogP contribution in [0.2, 0.25) is 0 Å². The van der Waals surface area contributed by atoms with Gasteiger partial charge in [-0.05, 0) is 53.5 Å². The van der Waals surface area contributed by atoms with Crippen molar-refractivity contribution in [3.63, 3.8) is 0 Å². The predicted octanol–water partition coefficient (Wildman–Crippen LogP) is 4.94. The number of aromatic nitrogens is 2. The van der Waals surface area contributed by atoms with Crippen LogP contribution in [0.5, 0.6) is 0 Å². The van der Waals surface area contributed by atoms with E-state index >= 15 is 0 Å². The standard InChI is InChI=1S/C15H14BrN3S/c1-9-7-11(8-17-14(9)16)18-10(2)15-19-12-5-3-4-6-13(12)20-15/h3-8,10,18H,1-2H3. The van der Waals surface area contributed by atoms with Gasteiger partial charge in [0.15, 0.2) is 0 Å². The number of anilines is 1. The fourth-order valence-electron chi connectivity index (χ4n) is 2.02. The number of nitrogens with one attached hydrogen (secondary N) is 1. The lowest BCUT2D eigenvalue weighted by Crippen LogP contribution is -2.06. The van der Waals surface area contributed by atoms with E-state index in [1.807, 2.05) is 31.3 Å². The number of para-hydroxylation sites is 1. The first kappa shape index (κ1) is 13.5. The number of thiazole rings is 1. The quantitative estimate of drug-likeness (QED) is 0.682. The second-order valence-electron chi connectivity index (χ2n) is 4.72. The van der Waals surface area contributed by atoms with Gasteiger partial charge in [0.25, 0.3) is 0 Å². The molecular weight excluding hydrogens is 334 g/mol. The van der Waals surface area contributed by atoms with Crippen LogP contribution in [-0.2, 0) is 0 Å². The third-order valence-corrected chi connectivity index (χ3v) is 5.13. The number of hydrogen-bond acceptors (Lipinski definition) is 4. The summed E-state index contributed by atoms with van der Waals surface area (Å²) in [6.45, 7) is 4.15. The number of hydrogen-bond donors (Lipinski definition) is 1. The highest BCUT2D eigenvalue weighted by Crippen LogP contribution is 2.28. The second-order valence-corrected chi connectivity index (χ2v) is 6.53. The van der Waals surface area contributed by atoms with Crippen molar-refractivity contribution in [3.05, 3.63) is 51.7 Å². The Morgan fingerprint density at radius 1 is 1.30 bits per heavy atom. The predicted molar refractivity (Wildman–Crippen MR) is 88.3 cm³/mol. The van der Waals surface area contributed by atoms with E-state index in [-0.39, 0.29) is 6.04 Å². The number of aryl methyl sites for hydroxylation is 1. The lowest BCUT2D eigenvalue weighted by atomic mass is 10.2. The SMILES string of the molecule is Cc1cc(NC(C)c2nc3ccccc3s2)cnc1Br. The third-order valence-electron chi connectivity index (χ3n) is 3.08. The molecule has 0 aliphatic rings. The number of rotatable bonds is 3. The van der Waals surface area contributed by atoms with Crippen LogP contribution in [0.4, 0.5) is 5.69 Å². The Morgan fingerprint density at radius 2 is 2.10 bits per heavy atom. The molecule has 3 nitrogen and oxygen atoms in total. The molecule has 0 saturated heterocycles. The van der Waals surface area contributed by atoms with Crippen LogP contribution in [-0.4, -0.2) is 9.97 Å². The highest BCUT2D eigenvalue weighted by Gasteiger charge is 2.11. The molecule has 5 heteroatoms. The molecule has 0 fully saturated rings. The van der Waals surface area contributed by atoms with Crippen molar-refractivity contribution in [3.8, 4) is 0 Å². The fraction of sp³-hybridized carbons (Fsp3) is 0.200. The summed E-state index contributed by atoms with van der Waals surface area (Å²) < 4.78 is 2.11. The first-order valence-corrected chi connectivity index (χ1v) is 7.98. The fourth-order valence-corrected chi connectivity index (χ4v) is 3.21. The Kier molecular flexibility index (Phi) is 3.72. The zero-order chi connectivity index (χ0) is 14.1. The molecule has 102 valence electrons. The van der Waals surface area contributed by atoms with Gasteiger partial charge in [0, 0.05) is 0 Å². The average Bonchev–Trinajstić information content (AvgIpc) is 2.87. The molecule has 0 aliphatic heterocycles. The molecule has 2 aromatic heterocycles. The Balaban J connectivity index is 1.84. The van der Waals surface area contributed by atoms with Crippen molar-refractivity contribution in [1.29, 1.82) is 0 Å². The van der Waals surface area contributed by atoms with Gasteiger partial charge in [0.05, 0.1) is 28.1 Å². The monoisotopic (exact) mass is 347 g/mol. The summed E-state index contributed by atoms with van der Waals surface area (Å²) in [5, 5.41) is 4.54. The van der Waals surface area contributed by atoms with Gasteiger partial charge in [-0.3, -0.25) is 0 Å². The number of halogens is 1. The van der Waals surface area contributed by atoms with E-state index in [1.165, 1.54) is 4.70 Å². The summed E-state index contributed by atoms with van der Waals surface area (Å²) in [7, 11) is 0. The highest BCUT2D eigenvalue weighted by atomic mass is 79.9. The molecule has 2 heterocycles. The van der Waals surface area contributed by atoms with Gasteiger partial charge in [0.1, 0.15) is 9.61 Å². The minimum atomic E-state index is 0.162. The Labute approximate surface area is 130 Å². The zero-order valence-electron chi connectivity index (χ0n) is 11.2. The summed E-state index contributed by atoms with van der Waals surface area (Å²) in [5.74, 6) is 0. The van der Waals surface area contributed by atoms with E-state index in [9.17, 15) is 0 Å². The van der Waals surface area contributed by atoms with E-state index in [1.54, 1.807) is 11.3 Å². The minimum Gasteiger partial charge on any atom is -0.375 e. The van der Waals surface area contributed by atoms with Gasteiger partial charge in [-0.15, -0.1) is 11.3 Å². The van der Waals surface area contributed by atoms with Crippen LogP contribution >= 0.6 is 27.3 Å². The van der Waals surface area contributed by atoms with Gasteiger partial charge in [0.2, 0.25) is 0 Å². The molecule has 1 atom stereocenters. The summed E-state index contributed by atoms with van der Waals surface area (Å²) in [6.07, 6.45) is 1.83. The largest absolute Gasteiger partial charge is 0.375 e. The van der Waals surface area contributed by atoms with Crippen LogP contribution in [0.25, 0.3) is 10.2 Å². The molecule has 0 aliphatic carbocycles. The lowest BCUT2D eigenvalue weighted by molar-refractivity contribution is 0.871. The molecule has 20 heavy (non-hydrogen) atoms. The van der Waals surface area contributed by atoms with Crippen molar-refractivity contribution in [2.24, 2.45) is 0 Å². The topological polar surface area (TPSA) is 37.8 Å².